The van der Waals surface area contributed by atoms with Crippen LogP contribution in [0.1, 0.15) is 22.3 Å². The van der Waals surface area contributed by atoms with Crippen LogP contribution >= 0.6 is 24.2 Å². The molecule has 0 radical (unpaired) electrons. The molecule has 0 aliphatic heterocycles. The second-order valence-electron chi connectivity index (χ2n) is 9.22. The zero-order valence-corrected chi connectivity index (χ0v) is 26.0. The average molecular weight is 694 g/mol. The molecule has 3 aromatic carbocycles. The van der Waals surface area contributed by atoms with Crippen LogP contribution in [0.5, 0.6) is 11.5 Å². The van der Waals surface area contributed by atoms with Crippen LogP contribution in [0.2, 0.25) is 0 Å². The van der Waals surface area contributed by atoms with Crippen LogP contribution < -0.4 is 19.9 Å². The zero-order valence-electron chi connectivity index (χ0n) is 24.4. The molecule has 4 rings (SSSR count). The molecule has 0 aliphatic carbocycles. The van der Waals surface area contributed by atoms with Crippen molar-refractivity contribution in [1.29, 1.82) is 0 Å². The van der Waals surface area contributed by atoms with E-state index in [0.29, 0.717) is 17.1 Å². The summed E-state index contributed by atoms with van der Waals surface area (Å²) in [5.74, 6) is -1.60. The molecule has 19 heteroatoms. The average Bonchev–Trinajstić information content (AvgIpc) is 3.06. The minimum absolute atomic E-state index is 0.108. The smallest absolute Gasteiger partial charge is 0.347 e. The normalized spacial score (nSPS) is 11.2. The highest BCUT2D eigenvalue weighted by molar-refractivity contribution is 8.00. The number of rotatable bonds is 16. The second-order valence-corrected chi connectivity index (χ2v) is 10.5. The van der Waals surface area contributed by atoms with Crippen molar-refractivity contribution in [2.75, 3.05) is 11.3 Å². The maximum Gasteiger partial charge on any atom is 0.347 e. The minimum atomic E-state index is -1.68. The van der Waals surface area contributed by atoms with Gasteiger partial charge in [0.2, 0.25) is 0 Å². The van der Waals surface area contributed by atoms with E-state index in [1.54, 1.807) is 18.3 Å². The number of esters is 2. The van der Waals surface area contributed by atoms with Crippen LogP contribution in [0.4, 0.5) is 17.2 Å². The predicted octanol–water partition coefficient (Wildman–Crippen LogP) is 5.55. The van der Waals surface area contributed by atoms with Gasteiger partial charge in [-0.2, -0.15) is 10.2 Å². The standard InChI is InChI=1S/C29H23N7O10S2/c30-28(47)18-4-9-21(10-5-18)44-29(38)24-15-20(8-13-25(24)45-27(37)16-22(46-36(41)42)17-43-35(39)40)33-32-19-6-11-23(12-7-19)48-34-26-3-1-2-14-31-26/h1-15,22H,16-17H2,(H2,30,47)(H,31,34). The van der Waals surface area contributed by atoms with Gasteiger partial charge in [-0.1, -0.05) is 18.3 Å². The number of aromatic nitrogens is 1. The molecule has 0 bridgehead atoms. The largest absolute Gasteiger partial charge is 0.426 e. The highest BCUT2D eigenvalue weighted by Crippen LogP contribution is 2.29. The van der Waals surface area contributed by atoms with E-state index in [1.165, 1.54) is 54.4 Å². The van der Waals surface area contributed by atoms with Gasteiger partial charge in [-0.05, 0) is 90.8 Å². The van der Waals surface area contributed by atoms with Crippen LogP contribution in [0.3, 0.4) is 0 Å². The lowest BCUT2D eigenvalue weighted by atomic mass is 10.1. The second kappa shape index (κ2) is 16.9. The topological polar surface area (TPSA) is 233 Å². The molecule has 0 saturated heterocycles. The maximum absolute atomic E-state index is 13.3. The number of hydrogen-bond donors (Lipinski definition) is 2. The van der Waals surface area contributed by atoms with E-state index in [1.807, 2.05) is 30.3 Å². The lowest BCUT2D eigenvalue weighted by Crippen LogP contribution is -2.29. The number of ether oxygens (including phenoxy) is 2. The third-order valence-electron chi connectivity index (χ3n) is 5.81. The van der Waals surface area contributed by atoms with Crippen LogP contribution in [-0.4, -0.2) is 44.8 Å². The number of nitrogens with one attached hydrogen (secondary N) is 1. The maximum atomic E-state index is 13.3. The van der Waals surface area contributed by atoms with Gasteiger partial charge in [0.05, 0.1) is 17.8 Å². The third kappa shape index (κ3) is 11.0. The molecular weight excluding hydrogens is 670 g/mol. The molecule has 1 atom stereocenters. The van der Waals surface area contributed by atoms with Gasteiger partial charge in [-0.25, -0.2) is 9.78 Å². The van der Waals surface area contributed by atoms with E-state index in [0.717, 1.165) is 4.90 Å². The quantitative estimate of drug-likeness (QED) is 0.0278. The van der Waals surface area contributed by atoms with Gasteiger partial charge in [0, 0.05) is 16.7 Å². The Morgan fingerprint density at radius 3 is 2.29 bits per heavy atom. The summed E-state index contributed by atoms with van der Waals surface area (Å²) in [6.45, 7) is -0.931. The van der Waals surface area contributed by atoms with Crippen LogP contribution in [0.15, 0.2) is 106 Å². The number of hydrogen-bond acceptors (Lipinski definition) is 16. The molecule has 0 aliphatic rings. The van der Waals surface area contributed by atoms with Crippen molar-refractivity contribution in [3.05, 3.63) is 122 Å². The first-order valence-electron chi connectivity index (χ1n) is 13.5. The highest BCUT2D eigenvalue weighted by Gasteiger charge is 2.24. The van der Waals surface area contributed by atoms with Gasteiger partial charge in [0.1, 0.15) is 40.6 Å². The molecule has 1 heterocycles. The summed E-state index contributed by atoms with van der Waals surface area (Å²) in [4.78, 5) is 60.8. The predicted molar refractivity (Wildman–Crippen MR) is 173 cm³/mol. The lowest BCUT2D eigenvalue weighted by molar-refractivity contribution is -0.789. The fourth-order valence-electron chi connectivity index (χ4n) is 3.65. The Hall–Kier alpha value is -6.21. The number of carbonyl (C=O) groups excluding carboxylic acids is 2. The summed E-state index contributed by atoms with van der Waals surface area (Å²) >= 11 is 6.28. The van der Waals surface area contributed by atoms with Gasteiger partial charge in [-0.15, -0.1) is 20.2 Å². The fraction of sp³-hybridized carbons (Fsp3) is 0.103. The van der Waals surface area contributed by atoms with Crippen LogP contribution in [-0.2, 0) is 14.5 Å². The molecule has 4 aromatic rings. The Balaban J connectivity index is 1.52. The molecule has 246 valence electrons. The van der Waals surface area contributed by atoms with Gasteiger partial charge >= 0.3 is 11.9 Å². The number of azo groups is 1. The van der Waals surface area contributed by atoms with Gasteiger partial charge in [0.25, 0.3) is 10.2 Å². The van der Waals surface area contributed by atoms with Gasteiger partial charge in [0.15, 0.2) is 0 Å². The Kier molecular flexibility index (Phi) is 12.2. The van der Waals surface area contributed by atoms with Gasteiger partial charge in [-0.3, -0.25) is 4.79 Å². The van der Waals surface area contributed by atoms with Crippen molar-refractivity contribution in [1.82, 2.24) is 4.98 Å². The first-order chi connectivity index (χ1) is 23.0. The molecular formula is C29H23N7O10S2. The summed E-state index contributed by atoms with van der Waals surface area (Å²) in [5, 5.41) is 27.2. The number of carbonyl (C=O) groups is 2. The summed E-state index contributed by atoms with van der Waals surface area (Å²) < 4.78 is 13.8. The molecule has 1 unspecified atom stereocenters. The molecule has 3 N–H and O–H groups in total. The summed E-state index contributed by atoms with van der Waals surface area (Å²) in [7, 11) is 0. The Bertz CT molecular complexity index is 1810. The van der Waals surface area contributed by atoms with Crippen LogP contribution in [0, 0.1) is 20.2 Å². The number of nitrogens with two attached hydrogens (primary N) is 1. The Labute approximate surface area is 280 Å². The molecule has 0 saturated carbocycles. The fourth-order valence-corrected chi connectivity index (χ4v) is 4.40. The SMILES string of the molecule is NC(=S)c1ccc(OC(=O)c2cc(N=Nc3ccc(SNc4ccccn4)cc3)ccc2OC(=O)CC(CO[N+](=O)[O-])O[N+](=O)[O-])cc1. The number of anilines is 1. The minimum Gasteiger partial charge on any atom is -0.426 e. The van der Waals surface area contributed by atoms with Crippen molar-refractivity contribution >= 4 is 58.3 Å². The number of nitrogens with zero attached hydrogens (tertiary/aromatic N) is 5. The van der Waals surface area contributed by atoms with Crippen molar-refractivity contribution < 1.29 is 38.9 Å². The third-order valence-corrected chi connectivity index (χ3v) is 6.86. The van der Waals surface area contributed by atoms with Crippen molar-refractivity contribution in [3.63, 3.8) is 0 Å². The summed E-state index contributed by atoms with van der Waals surface area (Å²) in [6.07, 6.45) is -0.841. The Morgan fingerprint density at radius 2 is 1.65 bits per heavy atom. The number of pyridine rings is 1. The molecule has 0 spiro atoms. The monoisotopic (exact) mass is 693 g/mol. The lowest BCUT2D eigenvalue weighted by Gasteiger charge is -2.14. The van der Waals surface area contributed by atoms with E-state index >= 15 is 0 Å². The summed E-state index contributed by atoms with van der Waals surface area (Å²) in [5.41, 5.74) is 6.54. The Morgan fingerprint density at radius 1 is 0.938 bits per heavy atom. The zero-order chi connectivity index (χ0) is 34.5. The number of benzene rings is 3. The molecule has 17 nitrogen and oxygen atoms in total. The highest BCUT2D eigenvalue weighted by atomic mass is 32.2. The van der Waals surface area contributed by atoms with E-state index in [4.69, 9.17) is 27.4 Å². The van der Waals surface area contributed by atoms with E-state index < -0.39 is 41.2 Å². The molecule has 0 fully saturated rings. The van der Waals surface area contributed by atoms with E-state index in [-0.39, 0.29) is 27.7 Å². The van der Waals surface area contributed by atoms with E-state index in [2.05, 4.69) is 29.6 Å². The van der Waals surface area contributed by atoms with Crippen molar-refractivity contribution in [3.8, 4) is 11.5 Å². The molecule has 0 amide bonds. The molecule has 48 heavy (non-hydrogen) atoms. The van der Waals surface area contributed by atoms with E-state index in [9.17, 15) is 29.8 Å². The summed E-state index contributed by atoms with van der Waals surface area (Å²) in [6, 6.07) is 22.4. The van der Waals surface area contributed by atoms with Gasteiger partial charge < -0.3 is 29.6 Å². The first-order valence-corrected chi connectivity index (χ1v) is 14.7. The van der Waals surface area contributed by atoms with Crippen LogP contribution in [0.25, 0.3) is 0 Å². The van der Waals surface area contributed by atoms with Crippen molar-refractivity contribution in [2.45, 2.75) is 17.4 Å². The van der Waals surface area contributed by atoms with Crippen molar-refractivity contribution in [2.24, 2.45) is 16.0 Å². The molecule has 1 aromatic heterocycles. The first kappa shape index (κ1) is 34.7. The number of thiocarbonyl (C=S) groups is 1.